The lowest BCUT2D eigenvalue weighted by Gasteiger charge is -2.28. The monoisotopic (exact) mass is 274 g/mol. The van der Waals surface area contributed by atoms with Gasteiger partial charge in [0.2, 0.25) is 5.91 Å². The third-order valence-electron chi connectivity index (χ3n) is 4.13. The van der Waals surface area contributed by atoms with Gasteiger partial charge in [-0.05, 0) is 30.4 Å². The van der Waals surface area contributed by atoms with Crippen molar-refractivity contribution in [2.24, 2.45) is 0 Å². The average Bonchev–Trinajstić information content (AvgIpc) is 2.48. The lowest BCUT2D eigenvalue weighted by atomic mass is 9.87. The number of nitrogens with one attached hydrogen (secondary N) is 2. The second-order valence-corrected chi connectivity index (χ2v) is 5.64. The minimum absolute atomic E-state index is 0.120. The third-order valence-corrected chi connectivity index (χ3v) is 4.13. The van der Waals surface area contributed by atoms with E-state index in [-0.39, 0.29) is 18.0 Å². The van der Waals surface area contributed by atoms with Gasteiger partial charge in [0.15, 0.2) is 0 Å². The Labute approximate surface area is 119 Å². The molecule has 2 unspecified atom stereocenters. The van der Waals surface area contributed by atoms with Gasteiger partial charge in [0, 0.05) is 19.0 Å². The van der Waals surface area contributed by atoms with Gasteiger partial charge >= 0.3 is 0 Å². The van der Waals surface area contributed by atoms with Crippen LogP contribution < -0.4 is 10.6 Å². The number of hydrogen-bond acceptors (Lipinski definition) is 3. The largest absolute Gasteiger partial charge is 0.378 e. The summed E-state index contributed by atoms with van der Waals surface area (Å²) in [5.74, 6) is 0.120. The maximum atomic E-state index is 12.2. The van der Waals surface area contributed by atoms with Gasteiger partial charge in [-0.15, -0.1) is 0 Å². The fourth-order valence-corrected chi connectivity index (χ4v) is 3.13. The molecule has 0 aromatic heterocycles. The molecule has 1 aromatic rings. The topological polar surface area (TPSA) is 50.4 Å². The van der Waals surface area contributed by atoms with Crippen molar-refractivity contribution < 1.29 is 9.53 Å². The van der Waals surface area contributed by atoms with Crippen LogP contribution in [0.5, 0.6) is 0 Å². The van der Waals surface area contributed by atoms with E-state index in [9.17, 15) is 4.79 Å². The van der Waals surface area contributed by atoms with Crippen LogP contribution in [0, 0.1) is 0 Å². The molecule has 20 heavy (non-hydrogen) atoms. The molecule has 108 valence electrons. The summed E-state index contributed by atoms with van der Waals surface area (Å²) in [5, 5.41) is 6.51. The van der Waals surface area contributed by atoms with E-state index in [1.54, 1.807) is 0 Å². The fourth-order valence-electron chi connectivity index (χ4n) is 3.13. The fraction of sp³-hybridized carbons (Fsp3) is 0.562. The molecule has 2 atom stereocenters. The highest BCUT2D eigenvalue weighted by Crippen LogP contribution is 2.29. The van der Waals surface area contributed by atoms with E-state index in [0.29, 0.717) is 13.0 Å². The Morgan fingerprint density at radius 1 is 1.40 bits per heavy atom. The van der Waals surface area contributed by atoms with Crippen LogP contribution in [0.25, 0.3) is 0 Å². The molecular formula is C16H22N2O2. The standard InChI is InChI=1S/C16H22N2O2/c19-16(10-13-11-20-9-8-17-13)18-15-7-3-5-12-4-1-2-6-14(12)15/h1-2,4,6,13,15,17H,3,5,7-11H2,(H,18,19). The van der Waals surface area contributed by atoms with Crippen molar-refractivity contribution in [2.75, 3.05) is 19.8 Å². The summed E-state index contributed by atoms with van der Waals surface area (Å²) in [6.07, 6.45) is 3.81. The maximum Gasteiger partial charge on any atom is 0.222 e. The minimum atomic E-state index is 0.120. The minimum Gasteiger partial charge on any atom is -0.378 e. The second-order valence-electron chi connectivity index (χ2n) is 5.64. The first-order valence-corrected chi connectivity index (χ1v) is 7.51. The van der Waals surface area contributed by atoms with E-state index >= 15 is 0 Å². The van der Waals surface area contributed by atoms with Crippen LogP contribution in [-0.4, -0.2) is 31.7 Å². The molecule has 1 heterocycles. The van der Waals surface area contributed by atoms with Crippen molar-refractivity contribution >= 4 is 5.91 Å². The number of rotatable bonds is 3. The van der Waals surface area contributed by atoms with E-state index in [1.165, 1.54) is 11.1 Å². The molecule has 1 aliphatic carbocycles. The van der Waals surface area contributed by atoms with Crippen LogP contribution in [0.1, 0.15) is 36.4 Å². The lowest BCUT2D eigenvalue weighted by Crippen LogP contribution is -2.44. The van der Waals surface area contributed by atoms with Crippen molar-refractivity contribution in [2.45, 2.75) is 37.8 Å². The Hall–Kier alpha value is -1.39. The van der Waals surface area contributed by atoms with Crippen molar-refractivity contribution in [1.29, 1.82) is 0 Å². The number of amides is 1. The molecule has 3 rings (SSSR count). The number of hydrogen-bond donors (Lipinski definition) is 2. The molecule has 0 radical (unpaired) electrons. The van der Waals surface area contributed by atoms with Crippen LogP contribution in [0.3, 0.4) is 0 Å². The normalized spacial score (nSPS) is 25.8. The molecule has 1 aromatic carbocycles. The van der Waals surface area contributed by atoms with Gasteiger partial charge in [-0.25, -0.2) is 0 Å². The Morgan fingerprint density at radius 2 is 2.30 bits per heavy atom. The quantitative estimate of drug-likeness (QED) is 0.879. The zero-order valence-corrected chi connectivity index (χ0v) is 11.7. The van der Waals surface area contributed by atoms with Crippen molar-refractivity contribution in [3.63, 3.8) is 0 Å². The molecule has 1 saturated heterocycles. The molecule has 4 nitrogen and oxygen atoms in total. The highest BCUT2D eigenvalue weighted by atomic mass is 16.5. The first kappa shape index (κ1) is 13.6. The van der Waals surface area contributed by atoms with E-state index in [0.717, 1.165) is 32.4 Å². The number of benzene rings is 1. The Bertz CT molecular complexity index is 469. The van der Waals surface area contributed by atoms with Gasteiger partial charge in [0.25, 0.3) is 0 Å². The number of carbonyl (C=O) groups is 1. The Kier molecular flexibility index (Phi) is 4.33. The van der Waals surface area contributed by atoms with E-state index in [2.05, 4.69) is 34.9 Å². The smallest absolute Gasteiger partial charge is 0.222 e. The van der Waals surface area contributed by atoms with Gasteiger partial charge in [-0.1, -0.05) is 24.3 Å². The van der Waals surface area contributed by atoms with Crippen molar-refractivity contribution in [3.05, 3.63) is 35.4 Å². The second kappa shape index (κ2) is 6.37. The van der Waals surface area contributed by atoms with Gasteiger partial charge in [-0.2, -0.15) is 0 Å². The predicted molar refractivity (Wildman–Crippen MR) is 77.5 cm³/mol. The Balaban J connectivity index is 1.59. The molecule has 4 heteroatoms. The Morgan fingerprint density at radius 3 is 3.15 bits per heavy atom. The van der Waals surface area contributed by atoms with Gasteiger partial charge in [0.1, 0.15) is 0 Å². The first-order valence-electron chi connectivity index (χ1n) is 7.51. The van der Waals surface area contributed by atoms with Crippen LogP contribution in [0.2, 0.25) is 0 Å². The maximum absolute atomic E-state index is 12.2. The summed E-state index contributed by atoms with van der Waals surface area (Å²) in [5.41, 5.74) is 2.67. The van der Waals surface area contributed by atoms with Crippen LogP contribution in [0.15, 0.2) is 24.3 Å². The number of aryl methyl sites for hydroxylation is 1. The van der Waals surface area contributed by atoms with Crippen LogP contribution >= 0.6 is 0 Å². The van der Waals surface area contributed by atoms with Crippen molar-refractivity contribution in [3.8, 4) is 0 Å². The van der Waals surface area contributed by atoms with Crippen molar-refractivity contribution in [1.82, 2.24) is 10.6 Å². The molecule has 2 N–H and O–H groups in total. The number of fused-ring (bicyclic) bond motifs is 1. The molecule has 1 fully saturated rings. The summed E-state index contributed by atoms with van der Waals surface area (Å²) in [7, 11) is 0. The molecule has 2 aliphatic rings. The molecule has 1 amide bonds. The highest BCUT2D eigenvalue weighted by Gasteiger charge is 2.23. The predicted octanol–water partition coefficient (Wildman–Crippen LogP) is 1.56. The average molecular weight is 274 g/mol. The number of morpholine rings is 1. The lowest BCUT2D eigenvalue weighted by molar-refractivity contribution is -0.123. The number of ether oxygens (including phenoxy) is 1. The zero-order chi connectivity index (χ0) is 13.8. The van der Waals surface area contributed by atoms with E-state index < -0.39 is 0 Å². The third kappa shape index (κ3) is 3.19. The first-order chi connectivity index (χ1) is 9.83. The molecule has 0 saturated carbocycles. The SMILES string of the molecule is O=C(CC1COCCN1)NC1CCCc2ccccc21. The summed E-state index contributed by atoms with van der Waals surface area (Å²) in [6, 6.07) is 8.78. The molecule has 0 bridgehead atoms. The summed E-state index contributed by atoms with van der Waals surface area (Å²) < 4.78 is 5.39. The molecule has 0 spiro atoms. The molecular weight excluding hydrogens is 252 g/mol. The van der Waals surface area contributed by atoms with Gasteiger partial charge in [0.05, 0.1) is 19.3 Å². The summed E-state index contributed by atoms with van der Waals surface area (Å²) in [4.78, 5) is 12.2. The van der Waals surface area contributed by atoms with E-state index in [1.807, 2.05) is 0 Å². The highest BCUT2D eigenvalue weighted by molar-refractivity contribution is 5.77. The zero-order valence-electron chi connectivity index (χ0n) is 11.7. The van der Waals surface area contributed by atoms with Gasteiger partial charge < -0.3 is 15.4 Å². The summed E-state index contributed by atoms with van der Waals surface area (Å²) >= 11 is 0. The van der Waals surface area contributed by atoms with Gasteiger partial charge in [-0.3, -0.25) is 4.79 Å². The number of carbonyl (C=O) groups excluding carboxylic acids is 1. The summed E-state index contributed by atoms with van der Waals surface area (Å²) in [6.45, 7) is 2.22. The van der Waals surface area contributed by atoms with Crippen LogP contribution in [-0.2, 0) is 16.0 Å². The van der Waals surface area contributed by atoms with E-state index in [4.69, 9.17) is 4.74 Å². The van der Waals surface area contributed by atoms with Crippen LogP contribution in [0.4, 0.5) is 0 Å². The molecule has 1 aliphatic heterocycles.